The van der Waals surface area contributed by atoms with Crippen LogP contribution in [0.1, 0.15) is 33.4 Å². The number of hydrogen-bond acceptors (Lipinski definition) is 7. The SMILES string of the molecule is N#Cc1cc(C#N)cc(C2=Nc3ccc(C(F)(F)F)cc3N(c3cc(C#N)cc(C#N)c3)N2)c1. The molecule has 162 valence electrons. The van der Waals surface area contributed by atoms with Crippen LogP contribution in [0.15, 0.2) is 59.6 Å². The van der Waals surface area contributed by atoms with Crippen molar-refractivity contribution in [3.05, 3.63) is 88.0 Å². The molecule has 0 aliphatic carbocycles. The number of benzene rings is 3. The van der Waals surface area contributed by atoms with Crippen molar-refractivity contribution >= 4 is 22.9 Å². The molecule has 0 bridgehead atoms. The lowest BCUT2D eigenvalue weighted by molar-refractivity contribution is -0.137. The minimum absolute atomic E-state index is 0.0366. The molecule has 0 radical (unpaired) electrons. The average Bonchev–Trinajstić information content (AvgIpc) is 2.86. The topological polar surface area (TPSA) is 123 Å². The molecular formula is C24H10F3N7. The predicted molar refractivity (Wildman–Crippen MR) is 115 cm³/mol. The molecule has 0 fully saturated rings. The molecule has 0 atom stereocenters. The minimum Gasteiger partial charge on any atom is -0.276 e. The highest BCUT2D eigenvalue weighted by Gasteiger charge is 2.33. The first kappa shape index (κ1) is 21.9. The van der Waals surface area contributed by atoms with Gasteiger partial charge in [-0.2, -0.15) is 34.2 Å². The van der Waals surface area contributed by atoms with Gasteiger partial charge in [-0.25, -0.2) is 4.99 Å². The van der Waals surface area contributed by atoms with Crippen LogP contribution in [-0.2, 0) is 6.18 Å². The van der Waals surface area contributed by atoms with Gasteiger partial charge in [-0.05, 0) is 54.6 Å². The van der Waals surface area contributed by atoms with Gasteiger partial charge in [-0.1, -0.05) is 0 Å². The Labute approximate surface area is 191 Å². The van der Waals surface area contributed by atoms with Crippen molar-refractivity contribution < 1.29 is 13.2 Å². The van der Waals surface area contributed by atoms with Crippen molar-refractivity contribution in [2.75, 3.05) is 5.01 Å². The quantitative estimate of drug-likeness (QED) is 0.587. The largest absolute Gasteiger partial charge is 0.416 e. The summed E-state index contributed by atoms with van der Waals surface area (Å²) in [5.74, 6) is 0.154. The number of nitrogens with zero attached hydrogens (tertiary/aromatic N) is 6. The number of nitriles is 4. The van der Waals surface area contributed by atoms with Gasteiger partial charge in [-0.15, -0.1) is 0 Å². The van der Waals surface area contributed by atoms with Crippen LogP contribution in [-0.4, -0.2) is 5.84 Å². The zero-order valence-electron chi connectivity index (χ0n) is 17.0. The number of nitrogens with one attached hydrogen (secondary N) is 1. The minimum atomic E-state index is -4.61. The normalized spacial score (nSPS) is 12.2. The highest BCUT2D eigenvalue weighted by Crippen LogP contribution is 2.41. The van der Waals surface area contributed by atoms with E-state index in [2.05, 4.69) is 10.4 Å². The summed E-state index contributed by atoms with van der Waals surface area (Å²) >= 11 is 0. The van der Waals surface area contributed by atoms with Crippen molar-refractivity contribution in [1.29, 1.82) is 21.0 Å². The fourth-order valence-corrected chi connectivity index (χ4v) is 3.38. The van der Waals surface area contributed by atoms with Crippen LogP contribution in [0.3, 0.4) is 0 Å². The molecule has 3 aromatic carbocycles. The molecule has 34 heavy (non-hydrogen) atoms. The van der Waals surface area contributed by atoms with Crippen molar-refractivity contribution in [2.24, 2.45) is 4.99 Å². The molecule has 4 rings (SSSR count). The van der Waals surface area contributed by atoms with E-state index in [1.54, 1.807) is 0 Å². The fraction of sp³-hybridized carbons (Fsp3) is 0.0417. The zero-order valence-corrected chi connectivity index (χ0v) is 17.0. The molecule has 0 amide bonds. The maximum Gasteiger partial charge on any atom is 0.416 e. The Morgan fingerprint density at radius 2 is 1.26 bits per heavy atom. The molecule has 1 aliphatic rings. The van der Waals surface area contributed by atoms with E-state index in [-0.39, 0.29) is 45.2 Å². The van der Waals surface area contributed by atoms with Gasteiger partial charge in [0, 0.05) is 5.56 Å². The number of anilines is 2. The maximum atomic E-state index is 13.4. The Bertz CT molecular complexity index is 1460. The van der Waals surface area contributed by atoms with Crippen LogP contribution < -0.4 is 10.4 Å². The molecule has 1 N–H and O–H groups in total. The molecule has 7 nitrogen and oxygen atoms in total. The number of fused-ring (bicyclic) bond motifs is 1. The number of aliphatic imine (C=N–C) groups is 1. The second-order valence-corrected chi connectivity index (χ2v) is 7.12. The van der Waals surface area contributed by atoms with Gasteiger partial charge in [-0.3, -0.25) is 10.4 Å². The van der Waals surface area contributed by atoms with E-state index in [0.717, 1.165) is 12.1 Å². The maximum absolute atomic E-state index is 13.4. The highest BCUT2D eigenvalue weighted by molar-refractivity contribution is 6.05. The monoisotopic (exact) mass is 453 g/mol. The number of halogens is 3. The molecule has 0 spiro atoms. The van der Waals surface area contributed by atoms with E-state index in [4.69, 9.17) is 0 Å². The van der Waals surface area contributed by atoms with Gasteiger partial charge < -0.3 is 0 Å². The summed E-state index contributed by atoms with van der Waals surface area (Å²) in [4.78, 5) is 4.40. The van der Waals surface area contributed by atoms with Crippen molar-refractivity contribution in [3.63, 3.8) is 0 Å². The summed E-state index contributed by atoms with van der Waals surface area (Å²) in [5.41, 5.74) is 3.43. The Balaban J connectivity index is 1.95. The lowest BCUT2D eigenvalue weighted by Crippen LogP contribution is -2.41. The standard InChI is InChI=1S/C24H10F3N7/c25-24(26,27)19-1-2-21-22(9-19)34(20-7-16(12-30)4-17(8-20)13-31)33-23(32-21)18-5-14(10-28)3-15(6-18)11-29/h1-9H,(H,32,33). The van der Waals surface area contributed by atoms with Crippen molar-refractivity contribution in [3.8, 4) is 24.3 Å². The Morgan fingerprint density at radius 3 is 1.76 bits per heavy atom. The van der Waals surface area contributed by atoms with E-state index >= 15 is 0 Å². The zero-order chi connectivity index (χ0) is 24.5. The molecule has 3 aromatic rings. The highest BCUT2D eigenvalue weighted by atomic mass is 19.4. The molecule has 0 saturated carbocycles. The van der Waals surface area contributed by atoms with Crippen molar-refractivity contribution in [1.82, 2.24) is 5.43 Å². The van der Waals surface area contributed by atoms with Crippen molar-refractivity contribution in [2.45, 2.75) is 6.18 Å². The van der Waals surface area contributed by atoms with Crippen LogP contribution >= 0.6 is 0 Å². The Kier molecular flexibility index (Phi) is 5.35. The molecular weight excluding hydrogens is 443 g/mol. The summed E-state index contributed by atoms with van der Waals surface area (Å²) in [6.45, 7) is 0. The van der Waals surface area contributed by atoms with Gasteiger partial charge in [0.1, 0.15) is 0 Å². The third-order valence-corrected chi connectivity index (χ3v) is 4.89. The predicted octanol–water partition coefficient (Wildman–Crippen LogP) is 4.93. The average molecular weight is 453 g/mol. The lowest BCUT2D eigenvalue weighted by Gasteiger charge is -2.32. The Hall–Kier alpha value is -5.32. The molecule has 0 unspecified atom stereocenters. The third-order valence-electron chi connectivity index (χ3n) is 4.89. The van der Waals surface area contributed by atoms with E-state index in [1.165, 1.54) is 47.5 Å². The smallest absolute Gasteiger partial charge is 0.276 e. The first-order chi connectivity index (χ1) is 16.2. The molecule has 1 heterocycles. The lowest BCUT2D eigenvalue weighted by atomic mass is 10.0. The van der Waals surface area contributed by atoms with Gasteiger partial charge >= 0.3 is 6.18 Å². The number of amidine groups is 1. The molecule has 0 aromatic heterocycles. The summed E-state index contributed by atoms with van der Waals surface area (Å²) < 4.78 is 40.2. The summed E-state index contributed by atoms with van der Waals surface area (Å²) in [6, 6.07) is 19.3. The van der Waals surface area contributed by atoms with Crippen LogP contribution in [0.2, 0.25) is 0 Å². The van der Waals surface area contributed by atoms with Crippen LogP contribution in [0.25, 0.3) is 0 Å². The van der Waals surface area contributed by atoms with Gasteiger partial charge in [0.25, 0.3) is 0 Å². The van der Waals surface area contributed by atoms with Gasteiger partial charge in [0.05, 0.1) is 69.2 Å². The first-order valence-corrected chi connectivity index (χ1v) is 9.53. The number of hydrogen-bond donors (Lipinski definition) is 1. The van der Waals surface area contributed by atoms with Gasteiger partial charge in [0.15, 0.2) is 5.84 Å². The van der Waals surface area contributed by atoms with E-state index in [0.29, 0.717) is 5.56 Å². The third kappa shape index (κ3) is 4.08. The number of alkyl halides is 3. The summed E-state index contributed by atoms with van der Waals surface area (Å²) in [7, 11) is 0. The first-order valence-electron chi connectivity index (χ1n) is 9.53. The fourth-order valence-electron chi connectivity index (χ4n) is 3.38. The molecule has 0 saturated heterocycles. The van der Waals surface area contributed by atoms with Gasteiger partial charge in [0.2, 0.25) is 0 Å². The van der Waals surface area contributed by atoms with Crippen LogP contribution in [0.4, 0.5) is 30.2 Å². The Morgan fingerprint density at radius 1 is 0.735 bits per heavy atom. The van der Waals surface area contributed by atoms with Crippen LogP contribution in [0, 0.1) is 45.3 Å². The van der Waals surface area contributed by atoms with E-state index in [9.17, 15) is 34.2 Å². The number of hydrazine groups is 1. The summed E-state index contributed by atoms with van der Waals surface area (Å²) in [5, 5.41) is 38.5. The van der Waals surface area contributed by atoms with E-state index < -0.39 is 11.7 Å². The molecule has 10 heteroatoms. The van der Waals surface area contributed by atoms with E-state index in [1.807, 2.05) is 24.3 Å². The molecule has 1 aliphatic heterocycles. The number of rotatable bonds is 2. The second-order valence-electron chi connectivity index (χ2n) is 7.12. The summed E-state index contributed by atoms with van der Waals surface area (Å²) in [6.07, 6.45) is -4.61. The van der Waals surface area contributed by atoms with Crippen LogP contribution in [0.5, 0.6) is 0 Å². The second kappa shape index (κ2) is 8.31.